The summed E-state index contributed by atoms with van der Waals surface area (Å²) in [6.45, 7) is 2.17. The zero-order valence-electron chi connectivity index (χ0n) is 10.7. The molecule has 17 heavy (non-hydrogen) atoms. The third-order valence-corrected chi connectivity index (χ3v) is 2.98. The van der Waals surface area contributed by atoms with Crippen molar-refractivity contribution in [3.8, 4) is 5.75 Å². The summed E-state index contributed by atoms with van der Waals surface area (Å²) in [6.07, 6.45) is 5.45. The monoisotopic (exact) mass is 239 g/mol. The molecule has 0 aromatic heterocycles. The largest absolute Gasteiger partial charge is 0.494 e. The molecule has 2 N–H and O–H groups in total. The highest BCUT2D eigenvalue weighted by molar-refractivity contribution is 5.32. The maximum atomic E-state index is 13.9. The lowest BCUT2D eigenvalue weighted by atomic mass is 10.00. The van der Waals surface area contributed by atoms with Gasteiger partial charge in [0.2, 0.25) is 0 Å². The third-order valence-electron chi connectivity index (χ3n) is 2.98. The Morgan fingerprint density at radius 2 is 2.06 bits per heavy atom. The van der Waals surface area contributed by atoms with Gasteiger partial charge < -0.3 is 10.5 Å². The average Bonchev–Trinajstić information content (AvgIpc) is 2.34. The quantitative estimate of drug-likeness (QED) is 0.734. The van der Waals surface area contributed by atoms with Crippen molar-refractivity contribution in [2.24, 2.45) is 5.73 Å². The van der Waals surface area contributed by atoms with Crippen LogP contribution < -0.4 is 10.5 Å². The zero-order chi connectivity index (χ0) is 12.7. The van der Waals surface area contributed by atoms with E-state index in [2.05, 4.69) is 6.92 Å². The van der Waals surface area contributed by atoms with E-state index in [4.69, 9.17) is 10.5 Å². The maximum absolute atomic E-state index is 13.9. The number of methoxy groups -OCH3 is 1. The van der Waals surface area contributed by atoms with Gasteiger partial charge in [-0.2, -0.15) is 0 Å². The molecule has 3 heteroatoms. The summed E-state index contributed by atoms with van der Waals surface area (Å²) in [5, 5.41) is 0. The molecule has 0 bridgehead atoms. The van der Waals surface area contributed by atoms with Crippen LogP contribution in [-0.4, -0.2) is 7.11 Å². The number of hydrogen-bond donors (Lipinski definition) is 1. The van der Waals surface area contributed by atoms with E-state index in [1.807, 2.05) is 0 Å². The molecule has 96 valence electrons. The molecule has 0 aliphatic rings. The highest BCUT2D eigenvalue weighted by Gasteiger charge is 2.14. The van der Waals surface area contributed by atoms with Crippen molar-refractivity contribution in [3.63, 3.8) is 0 Å². The van der Waals surface area contributed by atoms with Crippen LogP contribution in [0, 0.1) is 5.82 Å². The zero-order valence-corrected chi connectivity index (χ0v) is 10.7. The van der Waals surface area contributed by atoms with Gasteiger partial charge in [0.05, 0.1) is 7.11 Å². The van der Waals surface area contributed by atoms with Crippen molar-refractivity contribution in [2.75, 3.05) is 7.11 Å². The fraction of sp³-hybridized carbons (Fsp3) is 0.571. The summed E-state index contributed by atoms with van der Waals surface area (Å²) in [5.74, 6) is -0.0514. The number of benzene rings is 1. The van der Waals surface area contributed by atoms with Gasteiger partial charge in [0.25, 0.3) is 0 Å². The predicted molar refractivity (Wildman–Crippen MR) is 68.6 cm³/mol. The first kappa shape index (κ1) is 14.0. The van der Waals surface area contributed by atoms with Gasteiger partial charge >= 0.3 is 0 Å². The molecule has 0 fully saturated rings. The fourth-order valence-corrected chi connectivity index (χ4v) is 1.92. The molecule has 0 saturated heterocycles. The van der Waals surface area contributed by atoms with Crippen LogP contribution in [0.5, 0.6) is 5.75 Å². The number of ether oxygens (including phenoxy) is 1. The van der Waals surface area contributed by atoms with Crippen LogP contribution in [0.1, 0.15) is 50.6 Å². The van der Waals surface area contributed by atoms with Gasteiger partial charge in [-0.1, -0.05) is 44.7 Å². The molecule has 1 unspecified atom stereocenters. The number of rotatable bonds is 7. The van der Waals surface area contributed by atoms with Crippen LogP contribution in [0.2, 0.25) is 0 Å². The summed E-state index contributed by atoms with van der Waals surface area (Å²) < 4.78 is 18.8. The van der Waals surface area contributed by atoms with E-state index >= 15 is 0 Å². The predicted octanol–water partition coefficient (Wildman–Crippen LogP) is 3.80. The minimum atomic E-state index is -0.321. The SMILES string of the molecule is CCCCCCC(N)c1cccc(OC)c1F. The molecule has 1 aromatic rings. The molecule has 0 saturated carbocycles. The molecule has 0 spiro atoms. The first-order valence-electron chi connectivity index (χ1n) is 6.28. The first-order valence-corrected chi connectivity index (χ1v) is 6.28. The minimum Gasteiger partial charge on any atom is -0.494 e. The van der Waals surface area contributed by atoms with Crippen molar-refractivity contribution in [3.05, 3.63) is 29.6 Å². The second-order valence-corrected chi connectivity index (χ2v) is 4.32. The summed E-state index contributed by atoms with van der Waals surface area (Å²) in [4.78, 5) is 0. The number of hydrogen-bond acceptors (Lipinski definition) is 2. The van der Waals surface area contributed by atoms with Gasteiger partial charge in [0.15, 0.2) is 11.6 Å². The van der Waals surface area contributed by atoms with E-state index in [9.17, 15) is 4.39 Å². The molecule has 1 aromatic carbocycles. The average molecular weight is 239 g/mol. The van der Waals surface area contributed by atoms with Crippen molar-refractivity contribution in [1.29, 1.82) is 0 Å². The Bertz CT molecular complexity index is 341. The van der Waals surface area contributed by atoms with E-state index in [0.29, 0.717) is 5.56 Å². The van der Waals surface area contributed by atoms with Gasteiger partial charge in [-0.25, -0.2) is 4.39 Å². The van der Waals surface area contributed by atoms with Crippen molar-refractivity contribution >= 4 is 0 Å². The molecule has 0 heterocycles. The Balaban J connectivity index is 2.59. The molecular weight excluding hydrogens is 217 g/mol. The van der Waals surface area contributed by atoms with E-state index in [1.54, 1.807) is 18.2 Å². The smallest absolute Gasteiger partial charge is 0.169 e. The Labute approximate surface area is 103 Å². The standard InChI is InChI=1S/C14H22FNO/c1-3-4-5-6-9-12(16)11-8-7-10-13(17-2)14(11)15/h7-8,10,12H,3-6,9,16H2,1-2H3. The van der Waals surface area contributed by atoms with Crippen LogP contribution in [0.25, 0.3) is 0 Å². The Kier molecular flexibility index (Phi) is 5.98. The summed E-state index contributed by atoms with van der Waals surface area (Å²) >= 11 is 0. The number of halogens is 1. The Hall–Kier alpha value is -1.09. The lowest BCUT2D eigenvalue weighted by Gasteiger charge is -2.14. The second-order valence-electron chi connectivity index (χ2n) is 4.32. The summed E-state index contributed by atoms with van der Waals surface area (Å²) in [6, 6.07) is 4.90. The van der Waals surface area contributed by atoms with Crippen LogP contribution >= 0.6 is 0 Å². The van der Waals surface area contributed by atoms with Gasteiger partial charge in [0, 0.05) is 11.6 Å². The normalized spacial score (nSPS) is 12.5. The fourth-order valence-electron chi connectivity index (χ4n) is 1.92. The first-order chi connectivity index (χ1) is 8.20. The van der Waals surface area contributed by atoms with Gasteiger partial charge in [-0.3, -0.25) is 0 Å². The molecule has 2 nitrogen and oxygen atoms in total. The molecule has 0 amide bonds. The summed E-state index contributed by atoms with van der Waals surface area (Å²) in [7, 11) is 1.47. The third kappa shape index (κ3) is 4.00. The topological polar surface area (TPSA) is 35.2 Å². The minimum absolute atomic E-state index is 0.234. The second kappa shape index (κ2) is 7.28. The highest BCUT2D eigenvalue weighted by atomic mass is 19.1. The van der Waals surface area contributed by atoms with Crippen molar-refractivity contribution < 1.29 is 9.13 Å². The molecular formula is C14H22FNO. The molecule has 0 aliphatic carbocycles. The molecule has 0 radical (unpaired) electrons. The Morgan fingerprint density at radius 3 is 2.71 bits per heavy atom. The maximum Gasteiger partial charge on any atom is 0.169 e. The number of nitrogens with two attached hydrogens (primary N) is 1. The van der Waals surface area contributed by atoms with Crippen LogP contribution in [0.15, 0.2) is 18.2 Å². The van der Waals surface area contributed by atoms with Crippen molar-refractivity contribution in [1.82, 2.24) is 0 Å². The van der Waals surface area contributed by atoms with Gasteiger partial charge in [-0.15, -0.1) is 0 Å². The van der Waals surface area contributed by atoms with E-state index in [0.717, 1.165) is 19.3 Å². The van der Waals surface area contributed by atoms with Crippen molar-refractivity contribution in [2.45, 2.75) is 45.1 Å². The van der Waals surface area contributed by atoms with Gasteiger partial charge in [-0.05, 0) is 12.5 Å². The molecule has 1 rings (SSSR count). The van der Waals surface area contributed by atoms with Crippen LogP contribution in [0.3, 0.4) is 0 Å². The van der Waals surface area contributed by atoms with Gasteiger partial charge in [0.1, 0.15) is 0 Å². The van der Waals surface area contributed by atoms with Crippen LogP contribution in [0.4, 0.5) is 4.39 Å². The lowest BCUT2D eigenvalue weighted by Crippen LogP contribution is -2.12. The molecule has 1 atom stereocenters. The molecule has 0 aliphatic heterocycles. The summed E-state index contributed by atoms with van der Waals surface area (Å²) in [5.41, 5.74) is 6.56. The van der Waals surface area contributed by atoms with E-state index < -0.39 is 0 Å². The van der Waals surface area contributed by atoms with E-state index in [1.165, 1.54) is 20.0 Å². The lowest BCUT2D eigenvalue weighted by molar-refractivity contribution is 0.381. The Morgan fingerprint density at radius 1 is 1.29 bits per heavy atom. The highest BCUT2D eigenvalue weighted by Crippen LogP contribution is 2.26. The number of unbranched alkanes of at least 4 members (excludes halogenated alkanes) is 3. The van der Waals surface area contributed by atoms with E-state index in [-0.39, 0.29) is 17.6 Å². The van der Waals surface area contributed by atoms with Crippen LogP contribution in [-0.2, 0) is 0 Å².